The molecule has 5 aromatic rings. The predicted octanol–water partition coefficient (Wildman–Crippen LogP) is 3.43. The number of hydrogen-bond acceptors (Lipinski definition) is 12. The van der Waals surface area contributed by atoms with Crippen molar-refractivity contribution >= 4 is 14.4 Å². The maximum atomic E-state index is 12.8. The second-order valence-electron chi connectivity index (χ2n) is 9.04. The first-order chi connectivity index (χ1) is 26.5. The van der Waals surface area contributed by atoms with E-state index in [1.807, 2.05) is 11.1 Å². The molecule has 0 aliphatic rings. The minimum atomic E-state index is -1.00. The lowest BCUT2D eigenvalue weighted by Gasteiger charge is -2.00. The fourth-order valence-electron chi connectivity index (χ4n) is 2.92. The average Bonchev–Trinajstić information content (AvgIpc) is 3.17. The van der Waals surface area contributed by atoms with Gasteiger partial charge in [0, 0.05) is 34.6 Å². The number of nitrogens with zero attached hydrogens (tertiary/aromatic N) is 9. The van der Waals surface area contributed by atoms with Crippen LogP contribution in [0, 0.1) is 91.1 Å². The molecule has 15 nitrogen and oxygen atoms in total. The smallest absolute Gasteiger partial charge is 0.309 e. The number of pyridine rings is 5. The first-order valence-corrected chi connectivity index (χ1v) is 14.0. The van der Waals surface area contributed by atoms with Gasteiger partial charge in [-0.25, -0.2) is 22.5 Å². The Bertz CT molecular complexity index is 2440. The third-order valence-corrected chi connectivity index (χ3v) is 5.37. The normalized spacial score (nSPS) is 8.73. The van der Waals surface area contributed by atoms with E-state index in [0.29, 0.717) is 11.8 Å². The van der Waals surface area contributed by atoms with Gasteiger partial charge in [0.1, 0.15) is 41.4 Å². The lowest BCUT2D eigenvalue weighted by atomic mass is 10.3. The number of ether oxygens (including phenoxy) is 1. The molecular weight excluding hydrogens is 753 g/mol. The predicted molar refractivity (Wildman–Crippen MR) is 180 cm³/mol. The molecule has 0 fully saturated rings. The molecule has 0 atom stereocenters. The summed E-state index contributed by atoms with van der Waals surface area (Å²) in [5.41, 5.74) is -1.17. The summed E-state index contributed by atoms with van der Waals surface area (Å²) in [6, 6.07) is 19.9. The van der Waals surface area contributed by atoms with Crippen molar-refractivity contribution in [1.82, 2.24) is 19.5 Å². The molecule has 0 amide bonds. The van der Waals surface area contributed by atoms with Crippen LogP contribution in [0.1, 0.15) is 36.6 Å². The van der Waals surface area contributed by atoms with Gasteiger partial charge in [0.05, 0.1) is 14.1 Å². The van der Waals surface area contributed by atoms with Gasteiger partial charge in [0.2, 0.25) is 12.1 Å². The number of rotatable bonds is 1. The number of halogens is 6. The van der Waals surface area contributed by atoms with E-state index in [-0.39, 0.29) is 35.9 Å². The van der Waals surface area contributed by atoms with E-state index in [2.05, 4.69) is 14.7 Å². The van der Waals surface area contributed by atoms with Gasteiger partial charge in [0.25, 0.3) is 22.7 Å². The molecule has 0 aliphatic heterocycles. The zero-order chi connectivity index (χ0) is 42.8. The number of H-pyrrole nitrogens is 1. The topological polar surface area (TPSA) is 253 Å². The Hall–Kier alpha value is -8.29. The van der Waals surface area contributed by atoms with Crippen molar-refractivity contribution in [3.8, 4) is 36.2 Å². The number of alkyl halides is 1. The van der Waals surface area contributed by atoms with Gasteiger partial charge in [-0.3, -0.25) is 18.8 Å². The lowest BCUT2D eigenvalue weighted by molar-refractivity contribution is -0.610. The molecule has 22 heteroatoms. The summed E-state index contributed by atoms with van der Waals surface area (Å²) in [5, 5.41) is 52.0. The minimum absolute atomic E-state index is 0. The van der Waals surface area contributed by atoms with Crippen LogP contribution in [0.3, 0.4) is 0 Å². The van der Waals surface area contributed by atoms with Gasteiger partial charge in [-0.2, -0.15) is 40.4 Å². The molecule has 0 bridgehead atoms. The molecule has 5 rings (SSSR count). The molecular formula is C34H22BF6N10O5. The second kappa shape index (κ2) is 26.5. The van der Waals surface area contributed by atoms with Crippen LogP contribution in [0.2, 0.25) is 0 Å². The fraction of sp³-hybridized carbons (Fsp3) is 0.0882. The van der Waals surface area contributed by atoms with Gasteiger partial charge in [0.15, 0.2) is 29.3 Å². The Morgan fingerprint density at radius 3 is 1.96 bits per heavy atom. The fourth-order valence-corrected chi connectivity index (χ4v) is 2.92. The lowest BCUT2D eigenvalue weighted by Crippen LogP contribution is -2.30. The SMILES string of the molecule is CC(=O)Oc1nc(C#N)ccc1F.Cn1c(C#N)ccc(F)c1=O.N#Cc1ccc(F)c(=O)[nH]1.N#Cc1ccc(F)c[n+]1[O-].N#Cc1ccc(F)nc1.[2H]CF.[B]. The van der Waals surface area contributed by atoms with Crippen LogP contribution < -0.4 is 20.6 Å². The van der Waals surface area contributed by atoms with Gasteiger partial charge in [-0.05, 0) is 54.6 Å². The van der Waals surface area contributed by atoms with E-state index >= 15 is 0 Å². The molecule has 1 N–H and O–H groups in total. The van der Waals surface area contributed by atoms with E-state index in [9.17, 15) is 45.9 Å². The van der Waals surface area contributed by atoms with Crippen LogP contribution >= 0.6 is 0 Å². The maximum Gasteiger partial charge on any atom is 0.309 e. The highest BCUT2D eigenvalue weighted by Crippen LogP contribution is 2.13. The number of carbonyl (C=O) groups is 1. The Morgan fingerprint density at radius 1 is 0.857 bits per heavy atom. The first kappa shape index (κ1) is 47.7. The van der Waals surface area contributed by atoms with E-state index in [4.69, 9.17) is 27.7 Å². The van der Waals surface area contributed by atoms with Gasteiger partial charge >= 0.3 is 5.97 Å². The van der Waals surface area contributed by atoms with Gasteiger partial charge < -0.3 is 19.5 Å². The Morgan fingerprint density at radius 2 is 1.48 bits per heavy atom. The zero-order valence-electron chi connectivity index (χ0n) is 29.5. The summed E-state index contributed by atoms with van der Waals surface area (Å²) < 4.78 is 82.7. The van der Waals surface area contributed by atoms with Crippen molar-refractivity contribution in [1.29, 1.82) is 26.3 Å². The summed E-state index contributed by atoms with van der Waals surface area (Å²) in [6.45, 7) is 1.13. The minimum Gasteiger partial charge on any atom is -0.618 e. The summed E-state index contributed by atoms with van der Waals surface area (Å²) in [7, 11) is 0.351. The van der Waals surface area contributed by atoms with Crippen molar-refractivity contribution in [3.05, 3.63) is 157 Å². The highest BCUT2D eigenvalue weighted by Gasteiger charge is 2.08. The molecule has 3 radical (unpaired) electrons. The molecule has 5 heterocycles. The highest BCUT2D eigenvalue weighted by molar-refractivity contribution is 5.75. The van der Waals surface area contributed by atoms with Crippen molar-refractivity contribution < 1.29 is 42.0 Å². The third kappa shape index (κ3) is 17.8. The van der Waals surface area contributed by atoms with Crippen molar-refractivity contribution in [3.63, 3.8) is 0 Å². The van der Waals surface area contributed by atoms with Crippen LogP contribution in [0.5, 0.6) is 5.88 Å². The number of nitriles is 5. The molecule has 0 aromatic carbocycles. The van der Waals surface area contributed by atoms with E-state index in [1.165, 1.54) is 37.5 Å². The quantitative estimate of drug-likeness (QED) is 0.0642. The summed E-state index contributed by atoms with van der Waals surface area (Å²) in [6.07, 6.45) is 1.90. The van der Waals surface area contributed by atoms with E-state index < -0.39 is 59.3 Å². The average molecular weight is 776 g/mol. The van der Waals surface area contributed by atoms with Gasteiger partial charge in [-0.15, -0.1) is 0 Å². The largest absolute Gasteiger partial charge is 0.618 e. The molecule has 0 unspecified atom stereocenters. The zero-order valence-corrected chi connectivity index (χ0v) is 28.5. The molecule has 0 saturated heterocycles. The number of esters is 1. The third-order valence-electron chi connectivity index (χ3n) is 5.37. The van der Waals surface area contributed by atoms with Gasteiger partial charge in [-0.1, -0.05) is 0 Å². The molecule has 283 valence electrons. The van der Waals surface area contributed by atoms with Crippen molar-refractivity contribution in [2.75, 3.05) is 7.15 Å². The van der Waals surface area contributed by atoms with Crippen LogP contribution in [0.25, 0.3) is 0 Å². The van der Waals surface area contributed by atoms with Crippen LogP contribution in [0.15, 0.2) is 82.6 Å². The molecule has 5 aromatic heterocycles. The number of aromatic nitrogens is 5. The number of carbonyl (C=O) groups excluding carboxylic acids is 1. The summed E-state index contributed by atoms with van der Waals surface area (Å²) in [5.74, 6) is -4.84. The van der Waals surface area contributed by atoms with Crippen LogP contribution in [-0.4, -0.2) is 41.1 Å². The molecule has 0 saturated carbocycles. The van der Waals surface area contributed by atoms with Crippen molar-refractivity contribution in [2.45, 2.75) is 6.92 Å². The monoisotopic (exact) mass is 776 g/mol. The Kier molecular flexibility index (Phi) is 22.6. The number of nitrogens with one attached hydrogen (secondary N) is 1. The van der Waals surface area contributed by atoms with E-state index in [1.54, 1.807) is 24.3 Å². The Labute approximate surface area is 316 Å². The van der Waals surface area contributed by atoms with Crippen LogP contribution in [0.4, 0.5) is 26.3 Å². The second-order valence-corrected chi connectivity index (χ2v) is 9.04. The van der Waals surface area contributed by atoms with Crippen LogP contribution in [-0.2, 0) is 11.8 Å². The standard InChI is InChI=1S/C8H5FN2O2.C7H5FN2O.2C6H3FN2O.C6H3FN2.CH3F.B/c1-5(12)13-8-7(9)3-2-6(4-10)11-8;1-10-5(4-9)2-3-6(8)7(10)11;7-5-1-2-6(3-8)9(10)4-5;7-5-2-1-4(3-8)9-6(5)10;7-6-2-1-5(3-8)4-9-6;1-2;/h2-3H,1H3;2-3H,1H3;1-2,4H;1-2H,(H,9,10);1-2,4H;1H3;/i;;;;;1D;. The number of hydrogen-bond donors (Lipinski definition) is 1. The molecule has 0 spiro atoms. The maximum absolute atomic E-state index is 12.8. The van der Waals surface area contributed by atoms with Crippen molar-refractivity contribution in [2.24, 2.45) is 7.05 Å². The summed E-state index contributed by atoms with van der Waals surface area (Å²) in [4.78, 5) is 40.4. The molecule has 56 heavy (non-hydrogen) atoms. The Balaban J connectivity index is 0. The highest BCUT2D eigenvalue weighted by atomic mass is 19.1. The summed E-state index contributed by atoms with van der Waals surface area (Å²) >= 11 is 0. The molecule has 0 aliphatic carbocycles. The van der Waals surface area contributed by atoms with E-state index in [0.717, 1.165) is 47.9 Å². The first-order valence-electron chi connectivity index (χ1n) is 14.7. The number of aromatic amines is 1.